The van der Waals surface area contributed by atoms with Crippen molar-refractivity contribution in [3.63, 3.8) is 0 Å². The molecule has 0 aromatic heterocycles. The first-order valence-electron chi connectivity index (χ1n) is 19.3. The van der Waals surface area contributed by atoms with Crippen molar-refractivity contribution in [3.8, 4) is 0 Å². The number of hydrogen-bond donors (Lipinski definition) is 0. The third kappa shape index (κ3) is 11.1. The Kier molecular flexibility index (Phi) is 17.5. The fourth-order valence-corrected chi connectivity index (χ4v) is 12.5. The van der Waals surface area contributed by atoms with Crippen molar-refractivity contribution in [1.82, 2.24) is 0 Å². The molecule has 0 saturated carbocycles. The summed E-state index contributed by atoms with van der Waals surface area (Å²) in [6.07, 6.45) is 8.50. The first kappa shape index (κ1) is 52.9. The van der Waals surface area contributed by atoms with Crippen LogP contribution in [0, 0.1) is 6.08 Å². The van der Waals surface area contributed by atoms with Crippen LogP contribution in [-0.2, 0) is 54.2 Å². The van der Waals surface area contributed by atoms with Gasteiger partial charge in [0.2, 0.25) is 0 Å². The number of benzene rings is 3. The van der Waals surface area contributed by atoms with Crippen molar-refractivity contribution in [2.75, 3.05) is 0 Å². The van der Waals surface area contributed by atoms with E-state index in [0.29, 0.717) is 0 Å². The molecule has 0 unspecified atom stereocenters. The van der Waals surface area contributed by atoms with Gasteiger partial charge in [-0.2, -0.15) is 6.08 Å². The number of halogens is 3. The molecule has 1 aliphatic rings. The molecule has 0 saturated heterocycles. The second kappa shape index (κ2) is 17.8. The van der Waals surface area contributed by atoms with Crippen molar-refractivity contribution in [2.45, 2.75) is 177 Å². The Morgan fingerprint density at radius 3 is 0.833 bits per heavy atom. The molecule has 3 aromatic carbocycles. The summed E-state index contributed by atoms with van der Waals surface area (Å²) >= 11 is 0. The van der Waals surface area contributed by atoms with E-state index in [2.05, 4.69) is 198 Å². The fraction of sp³-hybridized carbons (Fsp3) is 0.551. The predicted molar refractivity (Wildman–Crippen MR) is 226 cm³/mol. The van der Waals surface area contributed by atoms with Gasteiger partial charge >= 0.3 is 21.7 Å². The maximum absolute atomic E-state index is 4.13. The normalized spacial score (nSPS) is 14.2. The third-order valence-electron chi connectivity index (χ3n) is 11.0. The minimum atomic E-state index is -3.00. The van der Waals surface area contributed by atoms with Crippen LogP contribution in [-0.4, -0.2) is 8.07 Å². The topological polar surface area (TPSA) is 0 Å². The van der Waals surface area contributed by atoms with Crippen LogP contribution in [0.15, 0.2) is 71.4 Å². The van der Waals surface area contributed by atoms with Crippen LogP contribution in [0.25, 0.3) is 0 Å². The van der Waals surface area contributed by atoms with Gasteiger partial charge in [-0.15, -0.1) is 6.42 Å². The van der Waals surface area contributed by atoms with Gasteiger partial charge in [0.05, 0.1) is 0 Å². The predicted octanol–water partition coefficient (Wildman–Crippen LogP) is 2.96. The van der Waals surface area contributed by atoms with Gasteiger partial charge in [0.1, 0.15) is 8.07 Å². The smallest absolute Gasteiger partial charge is 1.00 e. The summed E-state index contributed by atoms with van der Waals surface area (Å²) < 4.78 is 0. The zero-order valence-corrected chi connectivity index (χ0v) is 42.2. The van der Waals surface area contributed by atoms with E-state index in [1.807, 2.05) is 0 Å². The molecule has 0 fully saturated rings. The molecule has 1 aliphatic carbocycles. The molecule has 0 amide bonds. The van der Waals surface area contributed by atoms with Gasteiger partial charge in [-0.05, 0) is 81.4 Å². The van der Waals surface area contributed by atoms with E-state index in [1.165, 1.54) is 59.7 Å². The summed E-state index contributed by atoms with van der Waals surface area (Å²) in [5.41, 5.74) is 10.0. The third-order valence-corrected chi connectivity index (χ3v) is 15.7. The number of allylic oxidation sites excluding steroid dienone is 4. The molecule has 0 heterocycles. The Bertz CT molecular complexity index is 1530. The molecule has 296 valence electrons. The van der Waals surface area contributed by atoms with Crippen LogP contribution in [0.5, 0.6) is 0 Å². The maximum atomic E-state index is 4.13. The van der Waals surface area contributed by atoms with Gasteiger partial charge in [-0.3, -0.25) is 6.08 Å². The molecule has 4 rings (SSSR count). The van der Waals surface area contributed by atoms with Gasteiger partial charge in [0, 0.05) is 0 Å². The van der Waals surface area contributed by atoms with Crippen molar-refractivity contribution in [2.24, 2.45) is 0 Å². The Hall–Kier alpha value is -1.06. The molecule has 0 N–H and O–H groups in total. The molecular weight excluding hydrogens is 771 g/mol. The summed E-state index contributed by atoms with van der Waals surface area (Å²) in [4.78, 5) is 0. The maximum Gasteiger partial charge on any atom is 4.00 e. The van der Waals surface area contributed by atoms with Gasteiger partial charge in [-0.25, -0.2) is 10.8 Å². The first-order chi connectivity index (χ1) is 22.5. The second-order valence-electron chi connectivity index (χ2n) is 21.5. The molecule has 0 bridgehead atoms. The van der Waals surface area contributed by atoms with Crippen molar-refractivity contribution < 1.29 is 58.9 Å². The summed E-state index contributed by atoms with van der Waals surface area (Å²) in [6, 6.07) is 23.3. The molecule has 54 heavy (non-hydrogen) atoms. The first-order valence-corrected chi connectivity index (χ1v) is 21.3. The van der Waals surface area contributed by atoms with E-state index in [1.54, 1.807) is 0 Å². The second-order valence-corrected chi connectivity index (χ2v) is 25.2. The van der Waals surface area contributed by atoms with Crippen LogP contribution in [0.3, 0.4) is 0 Å². The summed E-state index contributed by atoms with van der Waals surface area (Å²) in [5.74, 6) is 0. The standard InChI is InChI=1S/C49H71Si.3ClH.Ti/c1-20-33-22-21-23-43(33)50(40-27-34(44(2,3)4)24-35(28-40)45(5,6)7,41-29-36(46(8,9)10)25-37(30-41)47(11,12)13)42-31-38(48(14,15)16)26-39(32-42)49(17,18)19;;;;/h22,24-32H,20-21H2,1-19H3;3*1H;/q-1;;;;+4/p-3. The van der Waals surface area contributed by atoms with Crippen LogP contribution in [0.4, 0.5) is 0 Å². The van der Waals surface area contributed by atoms with Crippen molar-refractivity contribution in [1.29, 1.82) is 0 Å². The number of rotatable bonds is 5. The van der Waals surface area contributed by atoms with E-state index in [-0.39, 0.29) is 91.4 Å². The molecule has 5 heteroatoms. The van der Waals surface area contributed by atoms with Crippen molar-refractivity contribution in [3.05, 3.63) is 111 Å². The molecular formula is C49H71Cl3SiTi. The van der Waals surface area contributed by atoms with E-state index in [9.17, 15) is 0 Å². The van der Waals surface area contributed by atoms with E-state index >= 15 is 0 Å². The average molecular weight is 842 g/mol. The van der Waals surface area contributed by atoms with E-state index in [0.717, 1.165) is 12.8 Å². The zero-order chi connectivity index (χ0) is 38.0. The van der Waals surface area contributed by atoms with Gasteiger partial charge in [0.15, 0.2) is 0 Å². The largest absolute Gasteiger partial charge is 4.00 e. The van der Waals surface area contributed by atoms with Gasteiger partial charge in [0.25, 0.3) is 0 Å². The SMILES string of the molecule is CCC1=CC[C-]=C1[Si](c1cc(C(C)(C)C)cc(C(C)(C)C)c1)(c1cc(C(C)(C)C)cc(C(C)(C)C)c1)c1cc(C(C)(C)C)cc(C(C)(C)C)c1.[Cl-].[Cl-].[Cl-].[Ti+4]. The minimum Gasteiger partial charge on any atom is -1.00 e. The Balaban J connectivity index is 0.00000702. The molecule has 0 radical (unpaired) electrons. The quantitative estimate of drug-likeness (QED) is 0.211. The van der Waals surface area contributed by atoms with Gasteiger partial charge < -0.3 is 37.2 Å². The molecule has 0 atom stereocenters. The van der Waals surface area contributed by atoms with Crippen LogP contribution < -0.4 is 52.8 Å². The summed E-state index contributed by atoms with van der Waals surface area (Å²) in [6.45, 7) is 45.3. The zero-order valence-electron chi connectivity index (χ0n) is 37.3. The molecule has 0 nitrogen and oxygen atoms in total. The molecule has 3 aromatic rings. The van der Waals surface area contributed by atoms with E-state index in [4.69, 9.17) is 0 Å². The summed E-state index contributed by atoms with van der Waals surface area (Å²) in [5, 5.41) is 5.96. The molecule has 0 spiro atoms. The molecule has 0 aliphatic heterocycles. The van der Waals surface area contributed by atoms with Crippen LogP contribution >= 0.6 is 0 Å². The average Bonchev–Trinajstić information content (AvgIpc) is 3.43. The monoisotopic (exact) mass is 840 g/mol. The Morgan fingerprint density at radius 1 is 0.426 bits per heavy atom. The Morgan fingerprint density at radius 2 is 0.648 bits per heavy atom. The van der Waals surface area contributed by atoms with Gasteiger partial charge in [-0.1, -0.05) is 193 Å². The number of hydrogen-bond acceptors (Lipinski definition) is 0. The van der Waals surface area contributed by atoms with Crippen LogP contribution in [0.2, 0.25) is 0 Å². The minimum absolute atomic E-state index is 0. The van der Waals surface area contributed by atoms with E-state index < -0.39 is 8.07 Å². The Labute approximate surface area is 367 Å². The van der Waals surface area contributed by atoms with Crippen molar-refractivity contribution >= 4 is 23.6 Å². The van der Waals surface area contributed by atoms with Crippen LogP contribution in [0.1, 0.15) is 178 Å². The summed E-state index contributed by atoms with van der Waals surface area (Å²) in [7, 11) is -3.00. The fourth-order valence-electron chi connectivity index (χ4n) is 7.25.